The van der Waals surface area contributed by atoms with Crippen LogP contribution in [0.4, 0.5) is 11.4 Å². The van der Waals surface area contributed by atoms with E-state index >= 15 is 0 Å². The highest BCUT2D eigenvalue weighted by atomic mass is 35.5. The normalized spacial score (nSPS) is 15.2. The Morgan fingerprint density at radius 1 is 1.22 bits per heavy atom. The van der Waals surface area contributed by atoms with E-state index in [1.165, 1.54) is 17.5 Å². The highest BCUT2D eigenvalue weighted by Crippen LogP contribution is 2.41. The van der Waals surface area contributed by atoms with Crippen LogP contribution in [0.2, 0.25) is 5.02 Å². The fraction of sp³-hybridized carbons (Fsp3) is 0.333. The van der Waals surface area contributed by atoms with Crippen molar-refractivity contribution in [1.29, 1.82) is 0 Å². The van der Waals surface area contributed by atoms with Crippen LogP contribution in [0.1, 0.15) is 19.8 Å². The van der Waals surface area contributed by atoms with Crippen LogP contribution in [0.15, 0.2) is 47.4 Å². The number of ether oxygens (including phenoxy) is 1. The van der Waals surface area contributed by atoms with Gasteiger partial charge in [0, 0.05) is 17.1 Å². The van der Waals surface area contributed by atoms with Gasteiger partial charge >= 0.3 is 0 Å². The first-order valence-corrected chi connectivity index (χ1v) is 10.2. The number of rotatable bonds is 7. The molecule has 0 heterocycles. The van der Waals surface area contributed by atoms with Gasteiger partial charge < -0.3 is 4.74 Å². The van der Waals surface area contributed by atoms with Crippen LogP contribution in [0.25, 0.3) is 0 Å². The summed E-state index contributed by atoms with van der Waals surface area (Å²) in [5, 5.41) is 11.5. The maximum atomic E-state index is 13.5. The minimum atomic E-state index is -4.21. The highest BCUT2D eigenvalue weighted by molar-refractivity contribution is 7.93. The Labute approximate surface area is 162 Å². The summed E-state index contributed by atoms with van der Waals surface area (Å²) in [4.78, 5) is 10.3. The molecule has 0 amide bonds. The molecule has 144 valence electrons. The first-order chi connectivity index (χ1) is 12.8. The van der Waals surface area contributed by atoms with Gasteiger partial charge in [0.2, 0.25) is 0 Å². The second-order valence-electron chi connectivity index (χ2n) is 6.45. The van der Waals surface area contributed by atoms with Gasteiger partial charge in [0.1, 0.15) is 5.75 Å². The van der Waals surface area contributed by atoms with Crippen LogP contribution in [0.3, 0.4) is 0 Å². The Morgan fingerprint density at radius 2 is 1.85 bits per heavy atom. The smallest absolute Gasteiger partial charge is 0.289 e. The molecule has 9 heteroatoms. The lowest BCUT2D eigenvalue weighted by Gasteiger charge is -2.30. The maximum absolute atomic E-state index is 13.5. The molecule has 0 spiro atoms. The van der Waals surface area contributed by atoms with Gasteiger partial charge in [-0.1, -0.05) is 11.6 Å². The van der Waals surface area contributed by atoms with Crippen molar-refractivity contribution in [3.63, 3.8) is 0 Å². The zero-order valence-electron chi connectivity index (χ0n) is 14.8. The zero-order valence-corrected chi connectivity index (χ0v) is 16.4. The number of nitro groups is 1. The lowest BCUT2D eigenvalue weighted by atomic mass is 10.2. The second kappa shape index (κ2) is 7.36. The Balaban J connectivity index is 2.16. The molecule has 0 N–H and O–H groups in total. The molecule has 0 bridgehead atoms. The fourth-order valence-corrected chi connectivity index (χ4v) is 5.18. The molecule has 27 heavy (non-hydrogen) atoms. The molecule has 1 aliphatic carbocycles. The summed E-state index contributed by atoms with van der Waals surface area (Å²) < 4.78 is 33.3. The summed E-state index contributed by atoms with van der Waals surface area (Å²) in [6, 6.07) is 9.78. The number of sulfonamides is 1. The largest absolute Gasteiger partial charge is 0.497 e. The molecule has 1 aliphatic rings. The molecule has 1 unspecified atom stereocenters. The molecule has 1 atom stereocenters. The predicted molar refractivity (Wildman–Crippen MR) is 103 cm³/mol. The first-order valence-electron chi connectivity index (χ1n) is 8.38. The molecule has 2 aromatic carbocycles. The van der Waals surface area contributed by atoms with Crippen LogP contribution in [-0.2, 0) is 10.0 Å². The predicted octanol–water partition coefficient (Wildman–Crippen LogP) is 4.25. The van der Waals surface area contributed by atoms with Crippen molar-refractivity contribution in [3.8, 4) is 5.75 Å². The maximum Gasteiger partial charge on any atom is 0.289 e. The topological polar surface area (TPSA) is 89.8 Å². The zero-order chi connectivity index (χ0) is 19.8. The average molecular weight is 411 g/mol. The first kappa shape index (κ1) is 19.4. The van der Waals surface area contributed by atoms with Gasteiger partial charge in [-0.25, -0.2) is 8.42 Å². The number of hydrogen-bond donors (Lipinski definition) is 0. The van der Waals surface area contributed by atoms with Gasteiger partial charge in [-0.3, -0.25) is 14.4 Å². The van der Waals surface area contributed by atoms with Crippen molar-refractivity contribution in [2.24, 2.45) is 5.92 Å². The van der Waals surface area contributed by atoms with E-state index in [1.807, 2.05) is 6.92 Å². The van der Waals surface area contributed by atoms with E-state index in [1.54, 1.807) is 24.3 Å². The van der Waals surface area contributed by atoms with E-state index in [0.29, 0.717) is 11.4 Å². The SMILES string of the molecule is COc1ccc(N(C(C)C2CC2)S(=O)(=O)c2cc(Cl)ccc2[N+](=O)[O-])cc1. The molecule has 7 nitrogen and oxygen atoms in total. The van der Waals surface area contributed by atoms with E-state index in [2.05, 4.69) is 0 Å². The van der Waals surface area contributed by atoms with Gasteiger partial charge in [0.15, 0.2) is 4.90 Å². The average Bonchev–Trinajstić information content (AvgIpc) is 3.47. The lowest BCUT2D eigenvalue weighted by molar-refractivity contribution is -0.387. The van der Waals surface area contributed by atoms with E-state index < -0.39 is 25.5 Å². The quantitative estimate of drug-likeness (QED) is 0.502. The van der Waals surface area contributed by atoms with Crippen molar-refractivity contribution in [2.75, 3.05) is 11.4 Å². The number of halogens is 1. The molecule has 0 aliphatic heterocycles. The molecular formula is C18H19ClN2O5S. The third kappa shape index (κ3) is 3.86. The van der Waals surface area contributed by atoms with Crippen molar-refractivity contribution in [1.82, 2.24) is 0 Å². The Kier molecular flexibility index (Phi) is 5.30. The second-order valence-corrected chi connectivity index (χ2v) is 8.67. The minimum Gasteiger partial charge on any atom is -0.497 e. The van der Waals surface area contributed by atoms with E-state index in [-0.39, 0.29) is 17.0 Å². The van der Waals surface area contributed by atoms with Gasteiger partial charge in [-0.2, -0.15) is 0 Å². The number of hydrogen-bond acceptors (Lipinski definition) is 5. The van der Waals surface area contributed by atoms with Crippen molar-refractivity contribution >= 4 is 33.0 Å². The monoisotopic (exact) mass is 410 g/mol. The summed E-state index contributed by atoms with van der Waals surface area (Å²) in [6.07, 6.45) is 1.84. The van der Waals surface area contributed by atoms with Gasteiger partial charge in [0.25, 0.3) is 15.7 Å². The molecule has 0 radical (unpaired) electrons. The molecule has 2 aromatic rings. The summed E-state index contributed by atoms with van der Waals surface area (Å²) in [7, 11) is -2.69. The third-order valence-corrected chi connectivity index (χ3v) is 6.84. The summed E-state index contributed by atoms with van der Waals surface area (Å²) >= 11 is 5.95. The van der Waals surface area contributed by atoms with Crippen LogP contribution in [0.5, 0.6) is 5.75 Å². The number of benzene rings is 2. The van der Waals surface area contributed by atoms with Gasteiger partial charge in [-0.05, 0) is 62.1 Å². The number of nitro benzene ring substituents is 1. The van der Waals surface area contributed by atoms with Gasteiger partial charge in [0.05, 0.1) is 17.7 Å². The van der Waals surface area contributed by atoms with Crippen LogP contribution in [-0.4, -0.2) is 26.5 Å². The lowest BCUT2D eigenvalue weighted by Crippen LogP contribution is -2.40. The molecule has 3 rings (SSSR count). The number of methoxy groups -OCH3 is 1. The standard InChI is InChI=1S/C18H19ClN2O5S/c1-12(13-3-4-13)20(15-6-8-16(26-2)9-7-15)27(24,25)18-11-14(19)5-10-17(18)21(22)23/h5-13H,3-4H2,1-2H3. The number of anilines is 1. The Hall–Kier alpha value is -2.32. The summed E-state index contributed by atoms with van der Waals surface area (Å²) in [5.74, 6) is 0.795. The van der Waals surface area contributed by atoms with Crippen LogP contribution < -0.4 is 9.04 Å². The van der Waals surface area contributed by atoms with Crippen LogP contribution in [0, 0.1) is 16.0 Å². The molecule has 0 aromatic heterocycles. The number of nitrogens with zero attached hydrogens (tertiary/aromatic N) is 2. The Bertz CT molecular complexity index is 958. The van der Waals surface area contributed by atoms with E-state index in [0.717, 1.165) is 25.0 Å². The fourth-order valence-electron chi connectivity index (χ4n) is 3.04. The van der Waals surface area contributed by atoms with Crippen molar-refractivity contribution in [2.45, 2.75) is 30.7 Å². The molecule has 1 fully saturated rings. The summed E-state index contributed by atoms with van der Waals surface area (Å²) in [6.45, 7) is 1.82. The van der Waals surface area contributed by atoms with Gasteiger partial charge in [-0.15, -0.1) is 0 Å². The molecule has 0 saturated heterocycles. The van der Waals surface area contributed by atoms with E-state index in [9.17, 15) is 18.5 Å². The van der Waals surface area contributed by atoms with Crippen molar-refractivity contribution < 1.29 is 18.1 Å². The summed E-state index contributed by atoms with van der Waals surface area (Å²) in [5.41, 5.74) is -0.0783. The van der Waals surface area contributed by atoms with E-state index in [4.69, 9.17) is 16.3 Å². The molecular weight excluding hydrogens is 392 g/mol. The van der Waals surface area contributed by atoms with Crippen LogP contribution >= 0.6 is 11.6 Å². The third-order valence-electron chi connectivity index (χ3n) is 4.66. The minimum absolute atomic E-state index is 0.118. The molecule has 1 saturated carbocycles. The Morgan fingerprint density at radius 3 is 2.37 bits per heavy atom. The van der Waals surface area contributed by atoms with Crippen molar-refractivity contribution in [3.05, 3.63) is 57.6 Å². The highest BCUT2D eigenvalue weighted by Gasteiger charge is 2.41.